The van der Waals surface area contributed by atoms with Gasteiger partial charge in [-0.15, -0.1) is 0 Å². The van der Waals surface area contributed by atoms with E-state index in [1.165, 1.54) is 6.92 Å². The van der Waals surface area contributed by atoms with Crippen molar-refractivity contribution in [2.75, 3.05) is 19.7 Å². The highest BCUT2D eigenvalue weighted by atomic mass is 19.3. The van der Waals surface area contributed by atoms with Crippen molar-refractivity contribution in [3.63, 3.8) is 0 Å². The maximum atomic E-state index is 13.7. The zero-order chi connectivity index (χ0) is 14.8. The molecule has 0 N–H and O–H groups in total. The highest BCUT2D eigenvalue weighted by Crippen LogP contribution is 2.26. The smallest absolute Gasteiger partial charge is 0.419 e. The van der Waals surface area contributed by atoms with E-state index in [9.17, 15) is 18.4 Å². The van der Waals surface area contributed by atoms with Gasteiger partial charge in [0.25, 0.3) is 0 Å². The summed E-state index contributed by atoms with van der Waals surface area (Å²) in [4.78, 5) is 23.9. The topological polar surface area (TPSA) is 55.8 Å². The summed E-state index contributed by atoms with van der Waals surface area (Å²) in [5, 5.41) is 0. The number of ether oxygens (including phenoxy) is 2. The first-order valence-electron chi connectivity index (χ1n) is 6.12. The van der Waals surface area contributed by atoms with Gasteiger partial charge in [0.2, 0.25) is 0 Å². The van der Waals surface area contributed by atoms with Crippen LogP contribution < -0.4 is 0 Å². The first-order valence-corrected chi connectivity index (χ1v) is 6.12. The van der Waals surface area contributed by atoms with Crippen LogP contribution in [0.3, 0.4) is 0 Å². The van der Waals surface area contributed by atoms with Crippen LogP contribution in [0.1, 0.15) is 27.7 Å². The minimum absolute atomic E-state index is 0.00513. The molecule has 1 fully saturated rings. The lowest BCUT2D eigenvalue weighted by molar-refractivity contribution is -0.192. The lowest BCUT2D eigenvalue weighted by Crippen LogP contribution is -2.59. The number of amides is 1. The van der Waals surface area contributed by atoms with Crippen LogP contribution in [-0.2, 0) is 19.1 Å². The lowest BCUT2D eigenvalue weighted by atomic mass is 10.0. The van der Waals surface area contributed by atoms with E-state index in [1.807, 2.05) is 0 Å². The SMILES string of the molecule is CCOC(=O)C(F)(F)C(=O)N1CC(C)OC(C)(C)C1. The van der Waals surface area contributed by atoms with E-state index in [2.05, 4.69) is 4.74 Å². The second-order valence-corrected chi connectivity index (χ2v) is 5.17. The first-order chi connectivity index (χ1) is 8.60. The fraction of sp³-hybridized carbons (Fsp3) is 0.833. The van der Waals surface area contributed by atoms with E-state index in [1.54, 1.807) is 20.8 Å². The van der Waals surface area contributed by atoms with E-state index < -0.39 is 23.4 Å². The summed E-state index contributed by atoms with van der Waals surface area (Å²) in [6.07, 6.45) is -0.370. The largest absolute Gasteiger partial charge is 0.461 e. The van der Waals surface area contributed by atoms with Crippen molar-refractivity contribution >= 4 is 11.9 Å². The molecule has 0 spiro atoms. The summed E-state index contributed by atoms with van der Waals surface area (Å²) < 4.78 is 37.1. The monoisotopic (exact) mass is 279 g/mol. The minimum atomic E-state index is -4.15. The number of rotatable bonds is 3. The number of nitrogens with zero attached hydrogens (tertiary/aromatic N) is 1. The third kappa shape index (κ3) is 3.62. The molecule has 1 saturated heterocycles. The Balaban J connectivity index is 2.84. The standard InChI is InChI=1S/C12H19F2NO4/c1-5-18-10(17)12(13,14)9(16)15-6-8(2)19-11(3,4)7-15/h8H,5-7H2,1-4H3. The van der Waals surface area contributed by atoms with Crippen molar-refractivity contribution in [1.82, 2.24) is 4.90 Å². The molecule has 0 aliphatic carbocycles. The Morgan fingerprint density at radius 1 is 1.47 bits per heavy atom. The third-order valence-electron chi connectivity index (χ3n) is 2.66. The van der Waals surface area contributed by atoms with Crippen molar-refractivity contribution in [2.24, 2.45) is 0 Å². The Bertz CT molecular complexity index is 371. The molecular formula is C12H19F2NO4. The molecule has 0 aromatic rings. The molecule has 1 amide bonds. The van der Waals surface area contributed by atoms with E-state index in [0.29, 0.717) is 0 Å². The molecule has 1 aliphatic heterocycles. The summed E-state index contributed by atoms with van der Waals surface area (Å²) in [5.41, 5.74) is -0.724. The fourth-order valence-electron chi connectivity index (χ4n) is 2.12. The van der Waals surface area contributed by atoms with Gasteiger partial charge in [-0.2, -0.15) is 8.78 Å². The van der Waals surface area contributed by atoms with Crippen molar-refractivity contribution in [2.45, 2.75) is 45.3 Å². The average molecular weight is 279 g/mol. The van der Waals surface area contributed by atoms with Gasteiger partial charge >= 0.3 is 17.8 Å². The second kappa shape index (κ2) is 5.40. The van der Waals surface area contributed by atoms with Crippen molar-refractivity contribution in [3.05, 3.63) is 0 Å². The Morgan fingerprint density at radius 3 is 2.53 bits per heavy atom. The fourth-order valence-corrected chi connectivity index (χ4v) is 2.12. The van der Waals surface area contributed by atoms with Gasteiger partial charge in [0.05, 0.1) is 18.3 Å². The van der Waals surface area contributed by atoms with Crippen molar-refractivity contribution < 1.29 is 27.8 Å². The van der Waals surface area contributed by atoms with E-state index in [4.69, 9.17) is 4.74 Å². The van der Waals surface area contributed by atoms with Gasteiger partial charge in [-0.3, -0.25) is 4.79 Å². The van der Waals surface area contributed by atoms with Crippen LogP contribution in [0.4, 0.5) is 8.78 Å². The molecule has 0 aromatic carbocycles. The Hall–Kier alpha value is -1.24. The summed E-state index contributed by atoms with van der Waals surface area (Å²) >= 11 is 0. The second-order valence-electron chi connectivity index (χ2n) is 5.17. The van der Waals surface area contributed by atoms with Gasteiger partial charge in [0.15, 0.2) is 0 Å². The molecule has 1 atom stereocenters. The highest BCUT2D eigenvalue weighted by Gasteiger charge is 2.53. The molecule has 7 heteroatoms. The van der Waals surface area contributed by atoms with E-state index >= 15 is 0 Å². The molecular weight excluding hydrogens is 260 g/mol. The number of morpholine rings is 1. The number of halogens is 2. The zero-order valence-electron chi connectivity index (χ0n) is 11.5. The molecule has 1 heterocycles. The van der Waals surface area contributed by atoms with Gasteiger partial charge in [-0.25, -0.2) is 4.79 Å². The molecule has 0 saturated carbocycles. The van der Waals surface area contributed by atoms with Gasteiger partial charge in [0, 0.05) is 13.1 Å². The summed E-state index contributed by atoms with van der Waals surface area (Å²) in [6, 6.07) is 0. The molecule has 1 unspecified atom stereocenters. The molecule has 0 radical (unpaired) electrons. The maximum absolute atomic E-state index is 13.7. The summed E-state index contributed by atoms with van der Waals surface area (Å²) in [7, 11) is 0. The van der Waals surface area contributed by atoms with Crippen molar-refractivity contribution in [3.8, 4) is 0 Å². The summed E-state index contributed by atoms with van der Waals surface area (Å²) in [6.45, 7) is 6.31. The highest BCUT2D eigenvalue weighted by molar-refractivity contribution is 6.04. The Morgan fingerprint density at radius 2 is 2.05 bits per heavy atom. The number of carbonyl (C=O) groups is 2. The van der Waals surface area contributed by atoms with Gasteiger partial charge in [-0.1, -0.05) is 0 Å². The molecule has 5 nitrogen and oxygen atoms in total. The molecule has 0 aromatic heterocycles. The Kier molecular flexibility index (Phi) is 4.50. The van der Waals surface area contributed by atoms with Gasteiger partial charge in [-0.05, 0) is 27.7 Å². The minimum Gasteiger partial charge on any atom is -0.461 e. The van der Waals surface area contributed by atoms with Crippen LogP contribution >= 0.6 is 0 Å². The quantitative estimate of drug-likeness (QED) is 0.575. The number of hydrogen-bond donors (Lipinski definition) is 0. The van der Waals surface area contributed by atoms with Gasteiger partial charge in [0.1, 0.15) is 0 Å². The first kappa shape index (κ1) is 15.8. The van der Waals surface area contributed by atoms with Crippen LogP contribution in [0.25, 0.3) is 0 Å². The molecule has 1 aliphatic rings. The van der Waals surface area contributed by atoms with Crippen LogP contribution in [0.5, 0.6) is 0 Å². The van der Waals surface area contributed by atoms with E-state index in [0.717, 1.165) is 4.90 Å². The molecule has 19 heavy (non-hydrogen) atoms. The Labute approximate surface area is 110 Å². The molecule has 1 rings (SSSR count). The number of hydrogen-bond acceptors (Lipinski definition) is 4. The van der Waals surface area contributed by atoms with Crippen LogP contribution in [0, 0.1) is 0 Å². The number of alkyl halides is 2. The van der Waals surface area contributed by atoms with Crippen molar-refractivity contribution in [1.29, 1.82) is 0 Å². The van der Waals surface area contributed by atoms with Crippen LogP contribution in [-0.4, -0.2) is 54.1 Å². The predicted molar refractivity (Wildman–Crippen MR) is 62.8 cm³/mol. The number of esters is 1. The maximum Gasteiger partial charge on any atom is 0.419 e. The molecule has 110 valence electrons. The summed E-state index contributed by atoms with van der Waals surface area (Å²) in [5.74, 6) is -7.49. The predicted octanol–water partition coefficient (Wildman–Crippen LogP) is 1.21. The zero-order valence-corrected chi connectivity index (χ0v) is 11.5. The van der Waals surface area contributed by atoms with Gasteiger partial charge < -0.3 is 14.4 Å². The normalized spacial score (nSPS) is 23.1. The molecule has 0 bridgehead atoms. The number of carbonyl (C=O) groups excluding carboxylic acids is 2. The third-order valence-corrected chi connectivity index (χ3v) is 2.66. The van der Waals surface area contributed by atoms with Crippen LogP contribution in [0.2, 0.25) is 0 Å². The van der Waals surface area contributed by atoms with Crippen LogP contribution in [0.15, 0.2) is 0 Å². The van der Waals surface area contributed by atoms with E-state index in [-0.39, 0.29) is 25.8 Å². The average Bonchev–Trinajstić information content (AvgIpc) is 2.25. The lowest BCUT2D eigenvalue weighted by Gasteiger charge is -2.42.